The van der Waals surface area contributed by atoms with Crippen LogP contribution in [0, 0.1) is 0 Å². The van der Waals surface area contributed by atoms with Crippen molar-refractivity contribution in [3.8, 4) is 0 Å². The van der Waals surface area contributed by atoms with Crippen molar-refractivity contribution in [2.24, 2.45) is 5.73 Å². The summed E-state index contributed by atoms with van der Waals surface area (Å²) in [5.41, 5.74) is 14.3. The average molecular weight is 307 g/mol. The number of carbonyl (C=O) groups excluding carboxylic acids is 1. The Hall–Kier alpha value is -1.65. The van der Waals surface area contributed by atoms with Gasteiger partial charge in [0.05, 0.1) is 0 Å². The predicted octanol–water partition coefficient (Wildman–Crippen LogP) is 3.45. The Balaban J connectivity index is 1.98. The van der Waals surface area contributed by atoms with Crippen molar-refractivity contribution in [1.29, 1.82) is 0 Å². The van der Waals surface area contributed by atoms with Gasteiger partial charge in [-0.2, -0.15) is 11.8 Å². The zero-order chi connectivity index (χ0) is 14.5. The third-order valence-corrected chi connectivity index (χ3v) is 4.30. The molecule has 1 amide bonds. The van der Waals surface area contributed by atoms with Gasteiger partial charge in [-0.25, -0.2) is 0 Å². The van der Waals surface area contributed by atoms with Crippen molar-refractivity contribution in [2.45, 2.75) is 11.5 Å². The van der Waals surface area contributed by atoms with Crippen LogP contribution in [-0.2, 0) is 11.5 Å². The van der Waals surface area contributed by atoms with E-state index in [2.05, 4.69) is 0 Å². The van der Waals surface area contributed by atoms with Crippen LogP contribution >= 0.6 is 23.4 Å². The molecule has 104 valence electrons. The Labute approximate surface area is 127 Å². The minimum Gasteiger partial charge on any atom is -0.398 e. The number of nitrogen functional groups attached to an aromatic ring is 1. The molecule has 0 saturated carbocycles. The number of benzene rings is 2. The van der Waals surface area contributed by atoms with E-state index >= 15 is 0 Å². The number of nitrogens with two attached hydrogens (primary N) is 2. The number of carbonyl (C=O) groups is 1. The number of thioether (sulfide) groups is 1. The third kappa shape index (κ3) is 3.68. The van der Waals surface area contributed by atoms with Crippen molar-refractivity contribution in [3.05, 3.63) is 64.2 Å². The molecule has 3 nitrogen and oxygen atoms in total. The van der Waals surface area contributed by atoms with Crippen LogP contribution in [0.15, 0.2) is 42.5 Å². The summed E-state index contributed by atoms with van der Waals surface area (Å²) in [7, 11) is 0. The van der Waals surface area contributed by atoms with E-state index in [1.54, 1.807) is 23.9 Å². The van der Waals surface area contributed by atoms with Gasteiger partial charge in [0.2, 0.25) is 5.91 Å². The van der Waals surface area contributed by atoms with Crippen molar-refractivity contribution < 1.29 is 4.79 Å². The molecule has 2 aromatic carbocycles. The van der Waals surface area contributed by atoms with E-state index in [1.165, 1.54) is 0 Å². The predicted molar refractivity (Wildman–Crippen MR) is 85.8 cm³/mol. The zero-order valence-corrected chi connectivity index (χ0v) is 12.4. The highest BCUT2D eigenvalue weighted by Crippen LogP contribution is 2.25. The fourth-order valence-corrected chi connectivity index (χ4v) is 3.10. The molecular formula is C15H15ClN2OS. The maximum absolute atomic E-state index is 11.0. The molecule has 0 aliphatic rings. The minimum atomic E-state index is -0.466. The second-order valence-electron chi connectivity index (χ2n) is 4.36. The summed E-state index contributed by atoms with van der Waals surface area (Å²) >= 11 is 7.82. The lowest BCUT2D eigenvalue weighted by Crippen LogP contribution is -2.11. The van der Waals surface area contributed by atoms with Gasteiger partial charge in [0.25, 0.3) is 0 Å². The number of hydrogen-bond donors (Lipinski definition) is 2. The van der Waals surface area contributed by atoms with Crippen LogP contribution in [0.2, 0.25) is 5.02 Å². The van der Waals surface area contributed by atoms with Gasteiger partial charge in [-0.1, -0.05) is 35.9 Å². The second-order valence-corrected chi connectivity index (χ2v) is 5.75. The SMILES string of the molecule is NC(=O)c1ccc(CSCc2ccccc2Cl)c(N)c1. The van der Waals surface area contributed by atoms with Gasteiger partial charge in [0, 0.05) is 27.8 Å². The lowest BCUT2D eigenvalue weighted by molar-refractivity contribution is 0.100. The Bertz CT molecular complexity index is 631. The molecule has 0 fully saturated rings. The highest BCUT2D eigenvalue weighted by molar-refractivity contribution is 7.97. The van der Waals surface area contributed by atoms with Crippen molar-refractivity contribution >= 4 is 35.0 Å². The van der Waals surface area contributed by atoms with Gasteiger partial charge in [-0.05, 0) is 29.3 Å². The summed E-state index contributed by atoms with van der Waals surface area (Å²) in [5.74, 6) is 1.11. The maximum Gasteiger partial charge on any atom is 0.248 e. The Morgan fingerprint density at radius 2 is 1.80 bits per heavy atom. The van der Waals surface area contributed by atoms with Crippen LogP contribution in [-0.4, -0.2) is 5.91 Å². The topological polar surface area (TPSA) is 69.1 Å². The van der Waals surface area contributed by atoms with Crippen LogP contribution in [0.4, 0.5) is 5.69 Å². The number of hydrogen-bond acceptors (Lipinski definition) is 3. The van der Waals surface area contributed by atoms with Crippen LogP contribution in [0.25, 0.3) is 0 Å². The van der Waals surface area contributed by atoms with Gasteiger partial charge in [-0.3, -0.25) is 4.79 Å². The summed E-state index contributed by atoms with van der Waals surface area (Å²) < 4.78 is 0. The highest BCUT2D eigenvalue weighted by atomic mass is 35.5. The van der Waals surface area contributed by atoms with E-state index in [0.717, 1.165) is 27.7 Å². The quantitative estimate of drug-likeness (QED) is 0.831. The van der Waals surface area contributed by atoms with E-state index < -0.39 is 5.91 Å². The molecule has 5 heteroatoms. The van der Waals surface area contributed by atoms with Gasteiger partial charge >= 0.3 is 0 Å². The number of anilines is 1. The molecule has 0 unspecified atom stereocenters. The molecule has 2 aromatic rings. The van der Waals surface area contributed by atoms with Gasteiger partial charge in [0.15, 0.2) is 0 Å². The molecule has 0 bridgehead atoms. The Kier molecular flexibility index (Phi) is 4.93. The second kappa shape index (κ2) is 6.68. The van der Waals surface area contributed by atoms with Crippen molar-refractivity contribution in [1.82, 2.24) is 0 Å². The molecule has 0 heterocycles. The minimum absolute atomic E-state index is 0.433. The largest absolute Gasteiger partial charge is 0.398 e. The molecule has 0 aliphatic heterocycles. The van der Waals surface area contributed by atoms with Crippen molar-refractivity contribution in [3.63, 3.8) is 0 Å². The fraction of sp³-hybridized carbons (Fsp3) is 0.133. The first-order valence-electron chi connectivity index (χ1n) is 6.07. The van der Waals surface area contributed by atoms with E-state index in [4.69, 9.17) is 23.1 Å². The number of primary amides is 1. The zero-order valence-electron chi connectivity index (χ0n) is 10.8. The first kappa shape index (κ1) is 14.8. The van der Waals surface area contributed by atoms with Crippen LogP contribution in [0.5, 0.6) is 0 Å². The molecule has 2 rings (SSSR count). The summed E-state index contributed by atoms with van der Waals surface area (Å²) in [6.07, 6.45) is 0. The molecule has 0 saturated heterocycles. The van der Waals surface area contributed by atoms with Crippen LogP contribution in [0.3, 0.4) is 0 Å². The average Bonchev–Trinajstić information content (AvgIpc) is 2.42. The molecular weight excluding hydrogens is 292 g/mol. The summed E-state index contributed by atoms with van der Waals surface area (Å²) in [6.45, 7) is 0. The highest BCUT2D eigenvalue weighted by Gasteiger charge is 2.06. The van der Waals surface area contributed by atoms with E-state index in [1.807, 2.05) is 30.3 Å². The summed E-state index contributed by atoms with van der Waals surface area (Å²) in [5, 5.41) is 0.775. The lowest BCUT2D eigenvalue weighted by Gasteiger charge is -2.08. The van der Waals surface area contributed by atoms with E-state index in [-0.39, 0.29) is 0 Å². The number of rotatable bonds is 5. The fourth-order valence-electron chi connectivity index (χ4n) is 1.77. The lowest BCUT2D eigenvalue weighted by atomic mass is 10.1. The molecule has 0 spiro atoms. The molecule has 4 N–H and O–H groups in total. The van der Waals surface area contributed by atoms with Gasteiger partial charge in [-0.15, -0.1) is 0 Å². The maximum atomic E-state index is 11.0. The number of halogens is 1. The number of amides is 1. The molecule has 0 aliphatic carbocycles. The van der Waals surface area contributed by atoms with Crippen LogP contribution in [0.1, 0.15) is 21.5 Å². The first-order chi connectivity index (χ1) is 9.58. The van der Waals surface area contributed by atoms with Gasteiger partial charge < -0.3 is 11.5 Å². The smallest absolute Gasteiger partial charge is 0.248 e. The molecule has 0 aromatic heterocycles. The van der Waals surface area contributed by atoms with Gasteiger partial charge in [0.1, 0.15) is 0 Å². The normalized spacial score (nSPS) is 10.4. The Morgan fingerprint density at radius 1 is 1.10 bits per heavy atom. The molecule has 20 heavy (non-hydrogen) atoms. The van der Waals surface area contributed by atoms with E-state index in [0.29, 0.717) is 11.3 Å². The third-order valence-electron chi connectivity index (χ3n) is 2.90. The Morgan fingerprint density at radius 3 is 2.45 bits per heavy atom. The summed E-state index contributed by atoms with van der Waals surface area (Å²) in [4.78, 5) is 11.0. The molecule has 0 atom stereocenters. The van der Waals surface area contributed by atoms with E-state index in [9.17, 15) is 4.79 Å². The molecule has 0 radical (unpaired) electrons. The standard InChI is InChI=1S/C15H15ClN2OS/c16-13-4-2-1-3-11(13)8-20-9-12-6-5-10(15(18)19)7-14(12)17/h1-7H,8-9,17H2,(H2,18,19). The summed E-state index contributed by atoms with van der Waals surface area (Å²) in [6, 6.07) is 12.9. The monoisotopic (exact) mass is 306 g/mol. The first-order valence-corrected chi connectivity index (χ1v) is 7.60. The van der Waals surface area contributed by atoms with Crippen LogP contribution < -0.4 is 11.5 Å². The van der Waals surface area contributed by atoms with Crippen molar-refractivity contribution in [2.75, 3.05) is 5.73 Å².